The zero-order valence-corrected chi connectivity index (χ0v) is 19.6. The molecule has 2 fully saturated rings. The molecule has 2 aromatic rings. The number of likely N-dealkylation sites (tertiary alicyclic amines) is 1. The summed E-state index contributed by atoms with van der Waals surface area (Å²) in [6, 6.07) is 13.4. The zero-order chi connectivity index (χ0) is 22.5. The maximum atomic E-state index is 14.0. The van der Waals surface area contributed by atoms with Crippen molar-refractivity contribution in [3.05, 3.63) is 64.4 Å². The zero-order valence-electron chi connectivity index (χ0n) is 18.8. The number of carbonyl (C=O) groups is 1. The van der Waals surface area contributed by atoms with Crippen molar-refractivity contribution in [2.75, 3.05) is 31.1 Å². The summed E-state index contributed by atoms with van der Waals surface area (Å²) in [5.74, 6) is 0.629. The van der Waals surface area contributed by atoms with Crippen molar-refractivity contribution in [2.45, 2.75) is 45.7 Å². The van der Waals surface area contributed by atoms with Crippen LogP contribution in [-0.4, -0.2) is 37.0 Å². The van der Waals surface area contributed by atoms with E-state index in [1.165, 1.54) is 24.6 Å². The lowest BCUT2D eigenvalue weighted by atomic mass is 9.95. The minimum absolute atomic E-state index is 0.0235. The molecule has 1 atom stereocenters. The summed E-state index contributed by atoms with van der Waals surface area (Å²) >= 11 is 5.84. The third-order valence-corrected chi connectivity index (χ3v) is 7.03. The lowest BCUT2D eigenvalue weighted by molar-refractivity contribution is -0.126. The number of hydrogen-bond donors (Lipinski definition) is 1. The first-order chi connectivity index (χ1) is 15.5. The van der Waals surface area contributed by atoms with Crippen LogP contribution in [0.15, 0.2) is 42.5 Å². The van der Waals surface area contributed by atoms with Gasteiger partial charge in [-0.05, 0) is 74.5 Å². The van der Waals surface area contributed by atoms with Gasteiger partial charge in [-0.15, -0.1) is 0 Å². The van der Waals surface area contributed by atoms with Gasteiger partial charge in [0, 0.05) is 48.4 Å². The maximum Gasteiger partial charge on any atom is 0.223 e. The van der Waals surface area contributed by atoms with Crippen LogP contribution in [-0.2, 0) is 17.9 Å². The molecular formula is C26H33ClFN3O. The van der Waals surface area contributed by atoms with E-state index in [1.54, 1.807) is 12.1 Å². The summed E-state index contributed by atoms with van der Waals surface area (Å²) < 4.78 is 14.0. The molecule has 0 unspecified atom stereocenters. The van der Waals surface area contributed by atoms with E-state index < -0.39 is 0 Å². The van der Waals surface area contributed by atoms with Gasteiger partial charge in [0.1, 0.15) is 5.82 Å². The Labute approximate surface area is 195 Å². The number of nitrogens with zero attached hydrogens (tertiary/aromatic N) is 2. The molecule has 32 heavy (non-hydrogen) atoms. The molecule has 2 aliphatic rings. The molecule has 1 amide bonds. The van der Waals surface area contributed by atoms with E-state index in [-0.39, 0.29) is 17.6 Å². The lowest BCUT2D eigenvalue weighted by Crippen LogP contribution is -2.40. The van der Waals surface area contributed by atoms with E-state index in [1.807, 2.05) is 0 Å². The van der Waals surface area contributed by atoms with Gasteiger partial charge in [0.25, 0.3) is 0 Å². The van der Waals surface area contributed by atoms with E-state index in [0.717, 1.165) is 50.5 Å². The van der Waals surface area contributed by atoms with Gasteiger partial charge >= 0.3 is 0 Å². The van der Waals surface area contributed by atoms with Crippen molar-refractivity contribution < 1.29 is 9.18 Å². The van der Waals surface area contributed by atoms with E-state index >= 15 is 0 Å². The molecule has 0 saturated carbocycles. The van der Waals surface area contributed by atoms with Gasteiger partial charge in [-0.2, -0.15) is 0 Å². The van der Waals surface area contributed by atoms with E-state index in [4.69, 9.17) is 11.6 Å². The number of anilines is 1. The van der Waals surface area contributed by atoms with Crippen LogP contribution in [0.25, 0.3) is 0 Å². The van der Waals surface area contributed by atoms with Crippen molar-refractivity contribution >= 4 is 23.2 Å². The van der Waals surface area contributed by atoms with Crippen LogP contribution in [0.4, 0.5) is 10.1 Å². The van der Waals surface area contributed by atoms with Crippen molar-refractivity contribution in [2.24, 2.45) is 11.8 Å². The standard InChI is InChI=1S/C26H33ClFN3O/c1-19-3-2-12-31(17-19)24-8-4-20(5-9-24)16-29-26(32)21-10-13-30(14-11-21)18-22-6-7-23(27)15-25(22)28/h4-9,15,19,21H,2-3,10-14,16-18H2,1H3,(H,29,32)/t19-/m1/s1. The monoisotopic (exact) mass is 457 g/mol. The molecule has 1 N–H and O–H groups in total. The minimum Gasteiger partial charge on any atom is -0.371 e. The first kappa shape index (κ1) is 23.1. The smallest absolute Gasteiger partial charge is 0.223 e. The average Bonchev–Trinajstić information content (AvgIpc) is 2.80. The molecule has 2 aliphatic heterocycles. The van der Waals surface area contributed by atoms with Gasteiger partial charge in [-0.25, -0.2) is 4.39 Å². The number of benzene rings is 2. The number of nitrogens with one attached hydrogen (secondary N) is 1. The summed E-state index contributed by atoms with van der Waals surface area (Å²) in [4.78, 5) is 17.3. The Morgan fingerprint density at radius 2 is 1.84 bits per heavy atom. The fourth-order valence-electron chi connectivity index (χ4n) is 4.83. The highest BCUT2D eigenvalue weighted by Gasteiger charge is 2.25. The second-order valence-corrected chi connectivity index (χ2v) is 9.80. The predicted molar refractivity (Wildman–Crippen MR) is 128 cm³/mol. The largest absolute Gasteiger partial charge is 0.371 e. The molecule has 0 aromatic heterocycles. The molecule has 2 heterocycles. The van der Waals surface area contributed by atoms with Crippen molar-refractivity contribution in [1.29, 1.82) is 0 Å². The highest BCUT2D eigenvalue weighted by molar-refractivity contribution is 6.30. The van der Waals surface area contributed by atoms with E-state index in [9.17, 15) is 9.18 Å². The van der Waals surface area contributed by atoms with E-state index in [0.29, 0.717) is 23.7 Å². The van der Waals surface area contributed by atoms with Crippen LogP contribution < -0.4 is 10.2 Å². The highest BCUT2D eigenvalue weighted by atomic mass is 35.5. The summed E-state index contributed by atoms with van der Waals surface area (Å²) in [6.07, 6.45) is 4.17. The Balaban J connectivity index is 1.21. The van der Waals surface area contributed by atoms with E-state index in [2.05, 4.69) is 46.3 Å². The van der Waals surface area contributed by atoms with Crippen LogP contribution in [0, 0.1) is 17.7 Å². The number of halogens is 2. The third kappa shape index (κ3) is 6.02. The van der Waals surface area contributed by atoms with Crippen molar-refractivity contribution in [1.82, 2.24) is 10.2 Å². The molecule has 0 radical (unpaired) electrons. The van der Waals surface area contributed by atoms with Crippen molar-refractivity contribution in [3.63, 3.8) is 0 Å². The molecule has 4 rings (SSSR count). The molecule has 6 heteroatoms. The predicted octanol–water partition coefficient (Wildman–Crippen LogP) is 5.24. The van der Waals surface area contributed by atoms with Gasteiger partial charge in [-0.1, -0.05) is 36.7 Å². The maximum absolute atomic E-state index is 14.0. The number of amides is 1. The first-order valence-electron chi connectivity index (χ1n) is 11.8. The lowest BCUT2D eigenvalue weighted by Gasteiger charge is -2.33. The van der Waals surface area contributed by atoms with Crippen LogP contribution in [0.3, 0.4) is 0 Å². The molecule has 2 saturated heterocycles. The molecule has 2 aromatic carbocycles. The van der Waals surface area contributed by atoms with Crippen LogP contribution in [0.1, 0.15) is 43.7 Å². The van der Waals surface area contributed by atoms with Crippen LogP contribution in [0.2, 0.25) is 5.02 Å². The quantitative estimate of drug-likeness (QED) is 0.644. The number of hydrogen-bond acceptors (Lipinski definition) is 3. The highest BCUT2D eigenvalue weighted by Crippen LogP contribution is 2.24. The number of rotatable bonds is 6. The van der Waals surface area contributed by atoms with Gasteiger partial charge in [0.2, 0.25) is 5.91 Å². The molecular weight excluding hydrogens is 425 g/mol. The summed E-state index contributed by atoms with van der Waals surface area (Å²) in [5, 5.41) is 3.52. The Morgan fingerprint density at radius 1 is 1.09 bits per heavy atom. The fraction of sp³-hybridized carbons (Fsp3) is 0.500. The Morgan fingerprint density at radius 3 is 2.53 bits per heavy atom. The van der Waals surface area contributed by atoms with Gasteiger partial charge < -0.3 is 10.2 Å². The van der Waals surface area contributed by atoms with Crippen molar-refractivity contribution in [3.8, 4) is 0 Å². The normalized spacial score (nSPS) is 20.3. The van der Waals surface area contributed by atoms with Crippen LogP contribution in [0.5, 0.6) is 0 Å². The molecule has 172 valence electrons. The average molecular weight is 458 g/mol. The SMILES string of the molecule is C[C@@H]1CCCN(c2ccc(CNC(=O)C3CCN(Cc4ccc(Cl)cc4F)CC3)cc2)C1. The second-order valence-electron chi connectivity index (χ2n) is 9.36. The first-order valence-corrected chi connectivity index (χ1v) is 12.1. The topological polar surface area (TPSA) is 35.6 Å². The number of piperidine rings is 2. The minimum atomic E-state index is -0.266. The number of carbonyl (C=O) groups excluding carboxylic acids is 1. The fourth-order valence-corrected chi connectivity index (χ4v) is 4.98. The molecule has 0 bridgehead atoms. The summed E-state index contributed by atoms with van der Waals surface area (Å²) in [5.41, 5.74) is 3.05. The Bertz CT molecular complexity index is 912. The second kappa shape index (κ2) is 10.7. The third-order valence-electron chi connectivity index (χ3n) is 6.79. The summed E-state index contributed by atoms with van der Waals surface area (Å²) in [6.45, 7) is 7.27. The molecule has 0 aliphatic carbocycles. The Hall–Kier alpha value is -2.11. The Kier molecular flexibility index (Phi) is 7.69. The summed E-state index contributed by atoms with van der Waals surface area (Å²) in [7, 11) is 0. The molecule has 0 spiro atoms. The van der Waals surface area contributed by atoms with Gasteiger partial charge in [0.05, 0.1) is 0 Å². The van der Waals surface area contributed by atoms with Gasteiger partial charge in [-0.3, -0.25) is 9.69 Å². The molecule has 4 nitrogen and oxygen atoms in total. The van der Waals surface area contributed by atoms with Gasteiger partial charge in [0.15, 0.2) is 0 Å². The van der Waals surface area contributed by atoms with Crippen LogP contribution >= 0.6 is 11.6 Å².